The number of carbonyl (C=O) groups excluding carboxylic acids is 2. The number of amides is 2. The van der Waals surface area contributed by atoms with Crippen LogP contribution >= 0.6 is 35.0 Å². The van der Waals surface area contributed by atoms with Gasteiger partial charge in [-0.3, -0.25) is 9.59 Å². The SMILES string of the molecule is CC(C)CNC(=O)C1CSCN1C(=O)C=Cc1ccc(Cl)c(Cl)c1. The first-order chi connectivity index (χ1) is 11.4. The summed E-state index contributed by atoms with van der Waals surface area (Å²) in [6.07, 6.45) is 3.14. The summed E-state index contributed by atoms with van der Waals surface area (Å²) in [6.45, 7) is 4.68. The number of hydrogen-bond donors (Lipinski definition) is 1. The maximum atomic E-state index is 12.4. The molecule has 1 N–H and O–H groups in total. The van der Waals surface area contributed by atoms with Crippen LogP contribution < -0.4 is 5.32 Å². The van der Waals surface area contributed by atoms with Crippen LogP contribution in [0.5, 0.6) is 0 Å². The number of nitrogens with one attached hydrogen (secondary N) is 1. The maximum Gasteiger partial charge on any atom is 0.247 e. The zero-order valence-electron chi connectivity index (χ0n) is 13.6. The number of rotatable bonds is 5. The van der Waals surface area contributed by atoms with Crippen molar-refractivity contribution >= 4 is 52.9 Å². The van der Waals surface area contributed by atoms with Gasteiger partial charge in [-0.05, 0) is 29.7 Å². The Balaban J connectivity index is 2.00. The third-order valence-corrected chi connectivity index (χ3v) is 5.27. The molecule has 1 fully saturated rings. The van der Waals surface area contributed by atoms with Crippen molar-refractivity contribution in [3.05, 3.63) is 39.9 Å². The number of hydrogen-bond acceptors (Lipinski definition) is 3. The molecule has 1 heterocycles. The van der Waals surface area contributed by atoms with E-state index in [9.17, 15) is 9.59 Å². The molecule has 1 saturated heterocycles. The van der Waals surface area contributed by atoms with Gasteiger partial charge in [0.1, 0.15) is 6.04 Å². The molecule has 0 spiro atoms. The monoisotopic (exact) mass is 386 g/mol. The molecule has 1 atom stereocenters. The number of halogens is 2. The predicted molar refractivity (Wildman–Crippen MR) is 101 cm³/mol. The first-order valence-electron chi connectivity index (χ1n) is 7.67. The van der Waals surface area contributed by atoms with Crippen molar-refractivity contribution in [3.8, 4) is 0 Å². The molecule has 24 heavy (non-hydrogen) atoms. The van der Waals surface area contributed by atoms with Gasteiger partial charge in [0.25, 0.3) is 0 Å². The van der Waals surface area contributed by atoms with Gasteiger partial charge in [-0.25, -0.2) is 0 Å². The maximum absolute atomic E-state index is 12.4. The molecule has 1 unspecified atom stereocenters. The second-order valence-electron chi connectivity index (χ2n) is 5.97. The lowest BCUT2D eigenvalue weighted by Gasteiger charge is -2.22. The first-order valence-corrected chi connectivity index (χ1v) is 9.58. The van der Waals surface area contributed by atoms with E-state index in [1.807, 2.05) is 13.8 Å². The van der Waals surface area contributed by atoms with Crippen LogP contribution in [0.3, 0.4) is 0 Å². The van der Waals surface area contributed by atoms with E-state index in [2.05, 4.69) is 5.32 Å². The zero-order chi connectivity index (χ0) is 17.7. The van der Waals surface area contributed by atoms with Crippen LogP contribution in [0.4, 0.5) is 0 Å². The van der Waals surface area contributed by atoms with Crippen LogP contribution in [0.15, 0.2) is 24.3 Å². The minimum atomic E-state index is -0.417. The average molecular weight is 387 g/mol. The molecule has 1 aliphatic rings. The molecule has 1 aliphatic heterocycles. The Kier molecular flexibility index (Phi) is 7.02. The van der Waals surface area contributed by atoms with E-state index in [1.165, 1.54) is 6.08 Å². The van der Waals surface area contributed by atoms with Crippen LogP contribution in [0.25, 0.3) is 6.08 Å². The fourth-order valence-corrected chi connectivity index (χ4v) is 3.65. The van der Waals surface area contributed by atoms with Crippen molar-refractivity contribution in [1.82, 2.24) is 10.2 Å². The standard InChI is InChI=1S/C17H20Cl2N2O2S/c1-11(2)8-20-17(23)15-9-24-10-21(15)16(22)6-4-12-3-5-13(18)14(19)7-12/h3-7,11,15H,8-10H2,1-2H3,(H,20,23). The fraction of sp³-hybridized carbons (Fsp3) is 0.412. The van der Waals surface area contributed by atoms with E-state index in [0.717, 1.165) is 5.56 Å². The molecule has 0 aliphatic carbocycles. The highest BCUT2D eigenvalue weighted by atomic mass is 35.5. The minimum absolute atomic E-state index is 0.0926. The molecule has 4 nitrogen and oxygen atoms in total. The average Bonchev–Trinajstić information content (AvgIpc) is 3.03. The van der Waals surface area contributed by atoms with Gasteiger partial charge in [0.05, 0.1) is 15.9 Å². The van der Waals surface area contributed by atoms with E-state index in [-0.39, 0.29) is 11.8 Å². The van der Waals surface area contributed by atoms with Gasteiger partial charge in [0.15, 0.2) is 0 Å². The lowest BCUT2D eigenvalue weighted by atomic mass is 10.2. The third-order valence-electron chi connectivity index (χ3n) is 3.51. The van der Waals surface area contributed by atoms with Crippen LogP contribution in [-0.4, -0.2) is 40.9 Å². The van der Waals surface area contributed by atoms with E-state index in [1.54, 1.807) is 40.9 Å². The van der Waals surface area contributed by atoms with Crippen molar-refractivity contribution < 1.29 is 9.59 Å². The molecule has 1 aromatic carbocycles. The zero-order valence-corrected chi connectivity index (χ0v) is 15.9. The largest absolute Gasteiger partial charge is 0.354 e. The predicted octanol–water partition coefficient (Wildman–Crippen LogP) is 3.68. The van der Waals surface area contributed by atoms with Gasteiger partial charge in [-0.1, -0.05) is 43.1 Å². The van der Waals surface area contributed by atoms with E-state index < -0.39 is 6.04 Å². The third kappa shape index (κ3) is 5.16. The number of benzene rings is 1. The molecule has 2 rings (SSSR count). The highest BCUT2D eigenvalue weighted by molar-refractivity contribution is 7.99. The van der Waals surface area contributed by atoms with Crippen molar-refractivity contribution in [2.45, 2.75) is 19.9 Å². The molecule has 130 valence electrons. The normalized spacial score (nSPS) is 17.7. The lowest BCUT2D eigenvalue weighted by Crippen LogP contribution is -2.47. The summed E-state index contributed by atoms with van der Waals surface area (Å²) >= 11 is 13.4. The summed E-state index contributed by atoms with van der Waals surface area (Å²) in [7, 11) is 0. The quantitative estimate of drug-likeness (QED) is 0.785. The lowest BCUT2D eigenvalue weighted by molar-refractivity contribution is -0.134. The summed E-state index contributed by atoms with van der Waals surface area (Å²) in [5, 5.41) is 3.80. The Morgan fingerprint density at radius 3 is 2.79 bits per heavy atom. The highest BCUT2D eigenvalue weighted by Crippen LogP contribution is 2.24. The summed E-state index contributed by atoms with van der Waals surface area (Å²) in [4.78, 5) is 26.2. The number of carbonyl (C=O) groups is 2. The first kappa shape index (κ1) is 19.2. The molecular formula is C17H20Cl2N2O2S. The Morgan fingerprint density at radius 2 is 2.12 bits per heavy atom. The van der Waals surface area contributed by atoms with Gasteiger partial charge in [0.2, 0.25) is 11.8 Å². The topological polar surface area (TPSA) is 49.4 Å². The van der Waals surface area contributed by atoms with Crippen molar-refractivity contribution in [3.63, 3.8) is 0 Å². The summed E-state index contributed by atoms with van der Waals surface area (Å²) in [5.74, 6) is 1.24. The van der Waals surface area contributed by atoms with Crippen LogP contribution in [0, 0.1) is 5.92 Å². The number of thioether (sulfide) groups is 1. The Labute approximate surface area is 156 Å². The van der Waals surface area contributed by atoms with E-state index >= 15 is 0 Å². The summed E-state index contributed by atoms with van der Waals surface area (Å²) in [5.41, 5.74) is 0.783. The molecule has 2 amide bonds. The van der Waals surface area contributed by atoms with Crippen LogP contribution in [0.2, 0.25) is 10.0 Å². The van der Waals surface area contributed by atoms with Crippen molar-refractivity contribution in [2.24, 2.45) is 5.92 Å². The molecule has 0 aromatic heterocycles. The van der Waals surface area contributed by atoms with Gasteiger partial charge in [-0.15, -0.1) is 11.8 Å². The molecule has 7 heteroatoms. The van der Waals surface area contributed by atoms with Crippen molar-refractivity contribution in [2.75, 3.05) is 18.2 Å². The fourth-order valence-electron chi connectivity index (χ4n) is 2.18. The van der Waals surface area contributed by atoms with Gasteiger partial charge in [-0.2, -0.15) is 0 Å². The molecule has 0 saturated carbocycles. The molecular weight excluding hydrogens is 367 g/mol. The highest BCUT2D eigenvalue weighted by Gasteiger charge is 2.33. The molecule has 0 bridgehead atoms. The minimum Gasteiger partial charge on any atom is -0.354 e. The second-order valence-corrected chi connectivity index (χ2v) is 7.78. The molecule has 1 aromatic rings. The smallest absolute Gasteiger partial charge is 0.247 e. The van der Waals surface area contributed by atoms with E-state index in [0.29, 0.717) is 34.1 Å². The molecule has 0 radical (unpaired) electrons. The second kappa shape index (κ2) is 8.79. The van der Waals surface area contributed by atoms with Crippen molar-refractivity contribution in [1.29, 1.82) is 0 Å². The number of nitrogens with zero attached hydrogens (tertiary/aromatic N) is 1. The van der Waals surface area contributed by atoms with Gasteiger partial charge in [0, 0.05) is 18.4 Å². The van der Waals surface area contributed by atoms with Crippen LogP contribution in [0.1, 0.15) is 19.4 Å². The van der Waals surface area contributed by atoms with Crippen LogP contribution in [-0.2, 0) is 9.59 Å². The Hall–Kier alpha value is -1.17. The summed E-state index contributed by atoms with van der Waals surface area (Å²) in [6, 6.07) is 4.74. The van der Waals surface area contributed by atoms with Gasteiger partial charge >= 0.3 is 0 Å². The Morgan fingerprint density at radius 1 is 1.38 bits per heavy atom. The summed E-state index contributed by atoms with van der Waals surface area (Å²) < 4.78 is 0. The van der Waals surface area contributed by atoms with Gasteiger partial charge < -0.3 is 10.2 Å². The van der Waals surface area contributed by atoms with E-state index in [4.69, 9.17) is 23.2 Å². The Bertz CT molecular complexity index is 649.